The third-order valence-electron chi connectivity index (χ3n) is 2.35. The molecule has 1 amide bonds. The van der Waals surface area contributed by atoms with Crippen LogP contribution >= 0.6 is 0 Å². The van der Waals surface area contributed by atoms with Crippen LogP contribution in [0, 0.1) is 6.92 Å². The first-order valence-corrected chi connectivity index (χ1v) is 4.86. The molecule has 1 aromatic rings. The van der Waals surface area contributed by atoms with Crippen molar-refractivity contribution < 1.29 is 26.7 Å². The maximum absolute atomic E-state index is 12.8. The summed E-state index contributed by atoms with van der Waals surface area (Å²) in [4.78, 5) is 11.4. The van der Waals surface area contributed by atoms with E-state index in [1.807, 2.05) is 0 Å². The molecule has 1 rings (SSSR count). The number of carbonyl (C=O) groups excluding carboxylic acids is 1. The number of nitrogens with zero attached hydrogens (tertiary/aromatic N) is 1. The zero-order valence-corrected chi connectivity index (χ0v) is 9.55. The molecule has 7 heteroatoms. The molecule has 0 saturated carbocycles. The molecular weight excluding hydrogens is 257 g/mol. The van der Waals surface area contributed by atoms with Crippen LogP contribution in [0.25, 0.3) is 0 Å². The van der Waals surface area contributed by atoms with Gasteiger partial charge in [0.25, 0.3) is 0 Å². The average Bonchev–Trinajstić information content (AvgIpc) is 2.26. The average molecular weight is 267 g/mol. The Hall–Kier alpha value is -1.66. The Kier molecular flexibility index (Phi) is 3.64. The van der Waals surface area contributed by atoms with Crippen LogP contribution in [0.15, 0.2) is 24.3 Å². The van der Waals surface area contributed by atoms with Gasteiger partial charge in [0, 0.05) is 12.7 Å². The first kappa shape index (κ1) is 14.4. The molecule has 0 aliphatic heterocycles. The van der Waals surface area contributed by atoms with Gasteiger partial charge in [0.1, 0.15) is 0 Å². The van der Waals surface area contributed by atoms with E-state index in [0.29, 0.717) is 0 Å². The predicted octanol–water partition coefficient (Wildman–Crippen LogP) is 3.16. The van der Waals surface area contributed by atoms with E-state index in [-0.39, 0.29) is 10.6 Å². The zero-order valence-electron chi connectivity index (χ0n) is 9.55. The second-order valence-electron chi connectivity index (χ2n) is 3.77. The summed E-state index contributed by atoms with van der Waals surface area (Å²) in [5.41, 5.74) is 0.761. The lowest BCUT2D eigenvalue weighted by Gasteiger charge is -2.24. The number of alkyl halides is 5. The topological polar surface area (TPSA) is 20.3 Å². The molecule has 0 aromatic heterocycles. The van der Waals surface area contributed by atoms with E-state index in [2.05, 4.69) is 0 Å². The highest BCUT2D eigenvalue weighted by Crippen LogP contribution is 2.37. The van der Waals surface area contributed by atoms with Gasteiger partial charge in [-0.05, 0) is 19.1 Å². The van der Waals surface area contributed by atoms with E-state index in [4.69, 9.17) is 0 Å². The summed E-state index contributed by atoms with van der Waals surface area (Å²) >= 11 is 0. The molecule has 0 aliphatic rings. The van der Waals surface area contributed by atoms with Gasteiger partial charge in [-0.25, -0.2) is 0 Å². The molecule has 0 unspecified atom stereocenters. The van der Waals surface area contributed by atoms with Gasteiger partial charge in [-0.3, -0.25) is 4.79 Å². The van der Waals surface area contributed by atoms with E-state index in [0.717, 1.165) is 12.6 Å². The van der Waals surface area contributed by atoms with Crippen molar-refractivity contribution in [3.05, 3.63) is 29.8 Å². The molecule has 0 fully saturated rings. The third-order valence-corrected chi connectivity index (χ3v) is 2.35. The van der Waals surface area contributed by atoms with E-state index < -0.39 is 18.0 Å². The van der Waals surface area contributed by atoms with Crippen molar-refractivity contribution in [2.24, 2.45) is 0 Å². The predicted molar refractivity (Wildman–Crippen MR) is 55.6 cm³/mol. The van der Waals surface area contributed by atoms with Crippen molar-refractivity contribution in [1.82, 2.24) is 0 Å². The molecular formula is C11H10F5NO. The summed E-state index contributed by atoms with van der Waals surface area (Å²) < 4.78 is 61.7. The largest absolute Gasteiger partial charge is 0.463 e. The fraction of sp³-hybridized carbons (Fsp3) is 0.364. The fourth-order valence-corrected chi connectivity index (χ4v) is 1.22. The highest BCUT2D eigenvalue weighted by Gasteiger charge is 2.64. The van der Waals surface area contributed by atoms with Crippen molar-refractivity contribution in [2.45, 2.75) is 19.0 Å². The van der Waals surface area contributed by atoms with Crippen LogP contribution in [0.2, 0.25) is 0 Å². The van der Waals surface area contributed by atoms with Gasteiger partial charge in [-0.15, -0.1) is 0 Å². The maximum Gasteiger partial charge on any atom is 0.463 e. The highest BCUT2D eigenvalue weighted by atomic mass is 19.4. The standard InChI is InChI=1S/C11H10F5NO/c1-7-3-5-8(6-4-7)17(2)9(18)10(12,13)11(14,15)16/h3-6H,1-2H3. The summed E-state index contributed by atoms with van der Waals surface area (Å²) in [5, 5.41) is 0. The lowest BCUT2D eigenvalue weighted by Crippen LogP contribution is -2.51. The van der Waals surface area contributed by atoms with Crippen LogP contribution in [-0.4, -0.2) is 25.1 Å². The summed E-state index contributed by atoms with van der Waals surface area (Å²) in [7, 11) is 0.868. The molecule has 18 heavy (non-hydrogen) atoms. The van der Waals surface area contributed by atoms with Crippen LogP contribution in [0.4, 0.5) is 27.6 Å². The molecule has 0 atom stereocenters. The first-order chi connectivity index (χ1) is 8.07. The van der Waals surface area contributed by atoms with Gasteiger partial charge >= 0.3 is 18.0 Å². The van der Waals surface area contributed by atoms with Crippen molar-refractivity contribution in [3.8, 4) is 0 Å². The molecule has 1 aromatic carbocycles. The Balaban J connectivity index is 3.01. The maximum atomic E-state index is 12.8. The van der Waals surface area contributed by atoms with Gasteiger partial charge in [0.05, 0.1) is 0 Å². The van der Waals surface area contributed by atoms with Crippen molar-refractivity contribution in [1.29, 1.82) is 0 Å². The Morgan fingerprint density at radius 2 is 1.50 bits per heavy atom. The molecule has 0 spiro atoms. The fourth-order valence-electron chi connectivity index (χ4n) is 1.22. The first-order valence-electron chi connectivity index (χ1n) is 4.86. The Morgan fingerprint density at radius 1 is 1.06 bits per heavy atom. The van der Waals surface area contributed by atoms with E-state index in [1.165, 1.54) is 24.3 Å². The van der Waals surface area contributed by atoms with Crippen LogP contribution in [-0.2, 0) is 4.79 Å². The Morgan fingerprint density at radius 3 is 1.89 bits per heavy atom. The summed E-state index contributed by atoms with van der Waals surface area (Å²) in [6, 6.07) is 5.59. The van der Waals surface area contributed by atoms with Crippen LogP contribution in [0.1, 0.15) is 5.56 Å². The molecule has 2 nitrogen and oxygen atoms in total. The number of hydrogen-bond acceptors (Lipinski definition) is 1. The minimum Gasteiger partial charge on any atom is -0.310 e. The smallest absolute Gasteiger partial charge is 0.310 e. The summed E-state index contributed by atoms with van der Waals surface area (Å²) in [6.45, 7) is 1.72. The molecule has 0 bridgehead atoms. The van der Waals surface area contributed by atoms with Crippen molar-refractivity contribution in [2.75, 3.05) is 11.9 Å². The number of amides is 1. The Bertz CT molecular complexity index is 438. The third kappa shape index (κ3) is 2.60. The van der Waals surface area contributed by atoms with Gasteiger partial charge in [0.15, 0.2) is 0 Å². The molecule has 0 aliphatic carbocycles. The quantitative estimate of drug-likeness (QED) is 0.754. The number of aryl methyl sites for hydroxylation is 1. The van der Waals surface area contributed by atoms with Crippen molar-refractivity contribution in [3.63, 3.8) is 0 Å². The molecule has 0 radical (unpaired) electrons. The monoisotopic (exact) mass is 267 g/mol. The molecule has 0 N–H and O–H groups in total. The minimum atomic E-state index is -5.90. The number of benzene rings is 1. The summed E-state index contributed by atoms with van der Waals surface area (Å²) in [5.74, 6) is -7.70. The van der Waals surface area contributed by atoms with Crippen LogP contribution in [0.5, 0.6) is 0 Å². The van der Waals surface area contributed by atoms with E-state index in [1.54, 1.807) is 6.92 Å². The number of carbonyl (C=O) groups is 1. The second kappa shape index (κ2) is 4.55. The normalized spacial score (nSPS) is 12.4. The van der Waals surface area contributed by atoms with E-state index >= 15 is 0 Å². The van der Waals surface area contributed by atoms with Crippen molar-refractivity contribution >= 4 is 11.6 Å². The number of rotatable bonds is 2. The van der Waals surface area contributed by atoms with Gasteiger partial charge in [-0.1, -0.05) is 17.7 Å². The number of hydrogen-bond donors (Lipinski definition) is 0. The molecule has 0 saturated heterocycles. The molecule has 0 heterocycles. The lowest BCUT2D eigenvalue weighted by atomic mass is 10.2. The SMILES string of the molecule is Cc1ccc(N(C)C(=O)C(F)(F)C(F)(F)F)cc1. The van der Waals surface area contributed by atoms with Gasteiger partial charge < -0.3 is 4.90 Å². The number of anilines is 1. The highest BCUT2D eigenvalue weighted by molar-refractivity contribution is 5.98. The summed E-state index contributed by atoms with van der Waals surface area (Å²) in [6.07, 6.45) is -5.90. The van der Waals surface area contributed by atoms with Gasteiger partial charge in [0.2, 0.25) is 0 Å². The zero-order chi connectivity index (χ0) is 14.1. The van der Waals surface area contributed by atoms with Crippen LogP contribution < -0.4 is 4.90 Å². The second-order valence-corrected chi connectivity index (χ2v) is 3.77. The van der Waals surface area contributed by atoms with E-state index in [9.17, 15) is 26.7 Å². The lowest BCUT2D eigenvalue weighted by molar-refractivity contribution is -0.268. The number of halogens is 5. The van der Waals surface area contributed by atoms with Gasteiger partial charge in [-0.2, -0.15) is 22.0 Å². The molecule has 100 valence electrons. The minimum absolute atomic E-state index is 0.0328. The Labute approximate surface area is 100 Å². The van der Waals surface area contributed by atoms with Crippen LogP contribution in [0.3, 0.4) is 0 Å².